The number of hydrogen-bond acceptors (Lipinski definition) is 2. The molecule has 2 nitrogen and oxygen atoms in total. The van der Waals surface area contributed by atoms with Crippen LogP contribution < -0.4 is 0 Å². The van der Waals surface area contributed by atoms with Crippen LogP contribution in [0.2, 0.25) is 0 Å². The van der Waals surface area contributed by atoms with Gasteiger partial charge in [-0.2, -0.15) is 0 Å². The van der Waals surface area contributed by atoms with E-state index in [9.17, 15) is 9.59 Å². The Morgan fingerprint density at radius 3 is 2.90 bits per heavy atom. The standard InChI is InChI=1S/C8H6O2/c9-7-3-1-5-6(7)2-4-8(5)10/h1-3,5H,4H2. The molecule has 1 unspecified atom stereocenters. The molecule has 1 atom stereocenters. The maximum atomic E-state index is 10.9. The molecule has 0 N–H and O–H groups in total. The maximum absolute atomic E-state index is 10.9. The molecule has 0 aromatic rings. The van der Waals surface area contributed by atoms with Crippen molar-refractivity contribution in [2.24, 2.45) is 5.92 Å². The summed E-state index contributed by atoms with van der Waals surface area (Å²) in [6.07, 6.45) is 5.34. The third-order valence-electron chi connectivity index (χ3n) is 1.93. The molecule has 2 heteroatoms. The molecule has 0 saturated carbocycles. The number of carbonyl (C=O) groups is 2. The fourth-order valence-corrected chi connectivity index (χ4v) is 1.38. The van der Waals surface area contributed by atoms with Crippen molar-refractivity contribution in [2.45, 2.75) is 6.42 Å². The minimum Gasteiger partial charge on any atom is -0.298 e. The minimum absolute atomic E-state index is 0.0100. The number of allylic oxidation sites excluding steroid dienone is 4. The Kier molecular flexibility index (Phi) is 0.926. The summed E-state index contributed by atoms with van der Waals surface area (Å²) in [5.74, 6) is -0.0274. The van der Waals surface area contributed by atoms with Gasteiger partial charge in [0.1, 0.15) is 5.78 Å². The van der Waals surface area contributed by atoms with Crippen LogP contribution in [0.15, 0.2) is 23.8 Å². The van der Waals surface area contributed by atoms with Gasteiger partial charge in [0.25, 0.3) is 0 Å². The van der Waals surface area contributed by atoms with E-state index in [-0.39, 0.29) is 17.5 Å². The zero-order chi connectivity index (χ0) is 7.14. The van der Waals surface area contributed by atoms with Gasteiger partial charge in [-0.1, -0.05) is 12.2 Å². The molecular formula is C8H6O2. The second kappa shape index (κ2) is 1.66. The van der Waals surface area contributed by atoms with Crippen LogP contribution in [-0.4, -0.2) is 11.6 Å². The van der Waals surface area contributed by atoms with Crippen molar-refractivity contribution in [3.05, 3.63) is 23.8 Å². The lowest BCUT2D eigenvalue weighted by atomic mass is 10.1. The summed E-state index contributed by atoms with van der Waals surface area (Å²) in [5.41, 5.74) is 0.685. The average molecular weight is 134 g/mol. The number of Topliss-reactive ketones (excluding diaryl/α,β-unsaturated/α-hetero) is 1. The van der Waals surface area contributed by atoms with Crippen molar-refractivity contribution in [2.75, 3.05) is 0 Å². The Morgan fingerprint density at radius 1 is 1.40 bits per heavy atom. The van der Waals surface area contributed by atoms with Crippen LogP contribution in [0.4, 0.5) is 0 Å². The van der Waals surface area contributed by atoms with Crippen molar-refractivity contribution in [1.82, 2.24) is 0 Å². The predicted octanol–water partition coefficient (Wildman–Crippen LogP) is 0.641. The summed E-state index contributed by atoms with van der Waals surface area (Å²) in [7, 11) is 0. The average Bonchev–Trinajstić information content (AvgIpc) is 2.41. The molecular weight excluding hydrogens is 128 g/mol. The van der Waals surface area contributed by atoms with Gasteiger partial charge >= 0.3 is 0 Å². The van der Waals surface area contributed by atoms with E-state index in [1.807, 2.05) is 0 Å². The molecule has 0 aliphatic heterocycles. The zero-order valence-corrected chi connectivity index (χ0v) is 5.33. The molecule has 2 aliphatic carbocycles. The van der Waals surface area contributed by atoms with Crippen molar-refractivity contribution in [1.29, 1.82) is 0 Å². The molecule has 2 aliphatic rings. The number of hydrogen-bond donors (Lipinski definition) is 0. The summed E-state index contributed by atoms with van der Waals surface area (Å²) >= 11 is 0. The lowest BCUT2D eigenvalue weighted by Crippen LogP contribution is -2.05. The van der Waals surface area contributed by atoms with Crippen LogP contribution in [-0.2, 0) is 9.59 Å². The number of carbonyl (C=O) groups excluding carboxylic acids is 2. The van der Waals surface area contributed by atoms with Crippen LogP contribution in [0.1, 0.15) is 6.42 Å². The fourth-order valence-electron chi connectivity index (χ4n) is 1.38. The first-order valence-corrected chi connectivity index (χ1v) is 3.24. The monoisotopic (exact) mass is 134 g/mol. The van der Waals surface area contributed by atoms with Gasteiger partial charge in [-0.15, -0.1) is 0 Å². The predicted molar refractivity (Wildman–Crippen MR) is 35.3 cm³/mol. The second-order valence-electron chi connectivity index (χ2n) is 2.53. The highest BCUT2D eigenvalue weighted by Gasteiger charge is 2.32. The van der Waals surface area contributed by atoms with E-state index in [2.05, 4.69) is 0 Å². The largest absolute Gasteiger partial charge is 0.298 e. The fraction of sp³-hybridized carbons (Fsp3) is 0.250. The SMILES string of the molecule is O=C1C=CC2C(=O)CC=C12. The van der Waals surface area contributed by atoms with Gasteiger partial charge in [0.05, 0.1) is 5.92 Å². The van der Waals surface area contributed by atoms with E-state index in [1.165, 1.54) is 6.08 Å². The van der Waals surface area contributed by atoms with Gasteiger partial charge in [-0.25, -0.2) is 0 Å². The van der Waals surface area contributed by atoms with Crippen molar-refractivity contribution >= 4 is 11.6 Å². The van der Waals surface area contributed by atoms with Crippen LogP contribution >= 0.6 is 0 Å². The van der Waals surface area contributed by atoms with Gasteiger partial charge < -0.3 is 0 Å². The van der Waals surface area contributed by atoms with Gasteiger partial charge in [0.15, 0.2) is 5.78 Å². The number of fused-ring (bicyclic) bond motifs is 1. The van der Waals surface area contributed by atoms with Gasteiger partial charge in [-0.3, -0.25) is 9.59 Å². The summed E-state index contributed by atoms with van der Waals surface area (Å²) in [5, 5.41) is 0. The topological polar surface area (TPSA) is 34.1 Å². The Balaban J connectivity index is 2.44. The Labute approximate surface area is 58.2 Å². The van der Waals surface area contributed by atoms with Crippen molar-refractivity contribution in [3.63, 3.8) is 0 Å². The van der Waals surface area contributed by atoms with E-state index in [0.29, 0.717) is 12.0 Å². The molecule has 0 aromatic carbocycles. The Morgan fingerprint density at radius 2 is 2.20 bits per heavy atom. The van der Waals surface area contributed by atoms with Gasteiger partial charge in [0.2, 0.25) is 0 Å². The highest BCUT2D eigenvalue weighted by atomic mass is 16.1. The summed E-state index contributed by atoms with van der Waals surface area (Å²) in [6.45, 7) is 0. The van der Waals surface area contributed by atoms with Crippen molar-refractivity contribution < 1.29 is 9.59 Å². The van der Waals surface area contributed by atoms with E-state index in [1.54, 1.807) is 12.2 Å². The minimum atomic E-state index is -0.188. The normalized spacial score (nSPS) is 29.2. The molecule has 0 aromatic heterocycles. The van der Waals surface area contributed by atoms with Crippen LogP contribution in [0.25, 0.3) is 0 Å². The number of rotatable bonds is 0. The van der Waals surface area contributed by atoms with Crippen LogP contribution in [0.5, 0.6) is 0 Å². The molecule has 2 rings (SSSR count). The van der Waals surface area contributed by atoms with E-state index in [4.69, 9.17) is 0 Å². The third kappa shape index (κ3) is 0.533. The second-order valence-corrected chi connectivity index (χ2v) is 2.53. The van der Waals surface area contributed by atoms with E-state index < -0.39 is 0 Å². The highest BCUT2D eigenvalue weighted by molar-refractivity contribution is 6.14. The van der Waals surface area contributed by atoms with Gasteiger partial charge in [0, 0.05) is 12.0 Å². The third-order valence-corrected chi connectivity index (χ3v) is 1.93. The van der Waals surface area contributed by atoms with Crippen LogP contribution in [0.3, 0.4) is 0 Å². The molecule has 0 bridgehead atoms. The molecule has 0 spiro atoms. The first kappa shape index (κ1) is 5.59. The van der Waals surface area contributed by atoms with E-state index >= 15 is 0 Å². The molecule has 0 saturated heterocycles. The zero-order valence-electron chi connectivity index (χ0n) is 5.33. The smallest absolute Gasteiger partial charge is 0.182 e. The lowest BCUT2D eigenvalue weighted by Gasteiger charge is -1.95. The van der Waals surface area contributed by atoms with E-state index in [0.717, 1.165) is 0 Å². The summed E-state index contributed by atoms with van der Waals surface area (Å²) in [6, 6.07) is 0. The first-order chi connectivity index (χ1) is 4.79. The molecule has 50 valence electrons. The maximum Gasteiger partial charge on any atom is 0.182 e. The Hall–Kier alpha value is -1.18. The molecule has 0 amide bonds. The molecule has 0 heterocycles. The molecule has 0 fully saturated rings. The first-order valence-electron chi connectivity index (χ1n) is 3.24. The molecule has 10 heavy (non-hydrogen) atoms. The van der Waals surface area contributed by atoms with Crippen molar-refractivity contribution in [3.8, 4) is 0 Å². The quantitative estimate of drug-likeness (QED) is 0.487. The van der Waals surface area contributed by atoms with Crippen LogP contribution in [0, 0.1) is 5.92 Å². The Bertz CT molecular complexity index is 271. The highest BCUT2D eigenvalue weighted by Crippen LogP contribution is 2.29. The number of ketones is 2. The summed E-state index contributed by atoms with van der Waals surface area (Å²) in [4.78, 5) is 21.8. The summed E-state index contributed by atoms with van der Waals surface area (Å²) < 4.78 is 0. The van der Waals surface area contributed by atoms with Gasteiger partial charge in [-0.05, 0) is 6.08 Å². The lowest BCUT2D eigenvalue weighted by molar-refractivity contribution is -0.120. The molecule has 0 radical (unpaired) electrons.